The highest BCUT2D eigenvalue weighted by atomic mass is 32.2. The summed E-state index contributed by atoms with van der Waals surface area (Å²) in [5.74, 6) is 4.50. The fraction of sp³-hybridized carbons (Fsp3) is 0.455. The van der Waals surface area contributed by atoms with Crippen molar-refractivity contribution in [3.05, 3.63) is 29.6 Å². The standard InChI is InChI=1S/C11H14N2S2/c1-2-14-5-6-15-9-11-4-3-10(7-12)8-13-11/h3-4,8H,2,5-6,9H2,1H3. The molecular weight excluding hydrogens is 224 g/mol. The Morgan fingerprint density at radius 2 is 2.13 bits per heavy atom. The maximum Gasteiger partial charge on any atom is 0.101 e. The fourth-order valence-electron chi connectivity index (χ4n) is 1.01. The largest absolute Gasteiger partial charge is 0.259 e. The average Bonchev–Trinajstić information content (AvgIpc) is 2.30. The smallest absolute Gasteiger partial charge is 0.101 e. The Kier molecular flexibility index (Phi) is 6.29. The number of pyridine rings is 1. The number of aromatic nitrogens is 1. The molecule has 0 bridgehead atoms. The van der Waals surface area contributed by atoms with E-state index in [9.17, 15) is 0 Å². The van der Waals surface area contributed by atoms with Crippen molar-refractivity contribution >= 4 is 23.5 Å². The molecule has 0 spiro atoms. The third kappa shape index (κ3) is 5.10. The molecule has 2 nitrogen and oxygen atoms in total. The van der Waals surface area contributed by atoms with Gasteiger partial charge in [0.05, 0.1) is 11.3 Å². The van der Waals surface area contributed by atoms with Gasteiger partial charge in [-0.05, 0) is 17.9 Å². The first-order chi connectivity index (χ1) is 7.36. The molecule has 0 aliphatic rings. The van der Waals surface area contributed by atoms with Crippen molar-refractivity contribution < 1.29 is 0 Å². The number of thioether (sulfide) groups is 2. The quantitative estimate of drug-likeness (QED) is 0.714. The van der Waals surface area contributed by atoms with E-state index in [1.165, 1.54) is 17.3 Å². The molecular formula is C11H14N2S2. The van der Waals surface area contributed by atoms with Gasteiger partial charge in [0.1, 0.15) is 6.07 Å². The third-order valence-corrected chi connectivity index (χ3v) is 3.93. The van der Waals surface area contributed by atoms with Crippen LogP contribution in [0.25, 0.3) is 0 Å². The highest BCUT2D eigenvalue weighted by Gasteiger charge is 1.96. The minimum Gasteiger partial charge on any atom is -0.259 e. The van der Waals surface area contributed by atoms with E-state index in [0.717, 1.165) is 11.4 Å². The van der Waals surface area contributed by atoms with Crippen LogP contribution >= 0.6 is 23.5 Å². The van der Waals surface area contributed by atoms with E-state index < -0.39 is 0 Å². The van der Waals surface area contributed by atoms with Gasteiger partial charge in [0.2, 0.25) is 0 Å². The van der Waals surface area contributed by atoms with Crippen LogP contribution in [0.3, 0.4) is 0 Å². The van der Waals surface area contributed by atoms with Crippen LogP contribution in [0, 0.1) is 11.3 Å². The summed E-state index contributed by atoms with van der Waals surface area (Å²) in [7, 11) is 0. The third-order valence-electron chi connectivity index (χ3n) is 1.78. The zero-order chi connectivity index (χ0) is 10.9. The summed E-state index contributed by atoms with van der Waals surface area (Å²) in [6.45, 7) is 2.18. The summed E-state index contributed by atoms with van der Waals surface area (Å²) in [6.07, 6.45) is 1.64. The minimum atomic E-state index is 0.630. The molecule has 0 saturated heterocycles. The van der Waals surface area contributed by atoms with Gasteiger partial charge >= 0.3 is 0 Å². The SMILES string of the molecule is CCSCCSCc1ccc(C#N)cn1. The predicted molar refractivity (Wildman–Crippen MR) is 68.1 cm³/mol. The highest BCUT2D eigenvalue weighted by Crippen LogP contribution is 2.12. The molecule has 0 atom stereocenters. The molecule has 1 heterocycles. The number of hydrogen-bond donors (Lipinski definition) is 0. The Labute approximate surface area is 99.5 Å². The second-order valence-electron chi connectivity index (χ2n) is 2.90. The van der Waals surface area contributed by atoms with Gasteiger partial charge in [-0.1, -0.05) is 6.92 Å². The van der Waals surface area contributed by atoms with Gasteiger partial charge < -0.3 is 0 Å². The lowest BCUT2D eigenvalue weighted by Crippen LogP contribution is -1.90. The highest BCUT2D eigenvalue weighted by molar-refractivity contribution is 8.02. The summed E-state index contributed by atoms with van der Waals surface area (Å²) in [6, 6.07) is 5.82. The monoisotopic (exact) mass is 238 g/mol. The van der Waals surface area contributed by atoms with Gasteiger partial charge in [0, 0.05) is 23.5 Å². The number of hydrogen-bond acceptors (Lipinski definition) is 4. The van der Waals surface area contributed by atoms with E-state index in [4.69, 9.17) is 5.26 Å². The van der Waals surface area contributed by atoms with Crippen LogP contribution in [0.4, 0.5) is 0 Å². The summed E-state index contributed by atoms with van der Waals surface area (Å²) >= 11 is 3.86. The van der Waals surface area contributed by atoms with Crippen molar-refractivity contribution in [3.8, 4) is 6.07 Å². The van der Waals surface area contributed by atoms with Crippen molar-refractivity contribution in [2.24, 2.45) is 0 Å². The van der Waals surface area contributed by atoms with Gasteiger partial charge in [-0.3, -0.25) is 4.98 Å². The zero-order valence-electron chi connectivity index (χ0n) is 8.77. The molecule has 1 aromatic heterocycles. The van der Waals surface area contributed by atoms with Gasteiger partial charge in [0.25, 0.3) is 0 Å². The second kappa shape index (κ2) is 7.61. The maximum absolute atomic E-state index is 8.60. The summed E-state index contributed by atoms with van der Waals surface area (Å²) in [5, 5.41) is 8.60. The van der Waals surface area contributed by atoms with Crippen molar-refractivity contribution in [3.63, 3.8) is 0 Å². The molecule has 1 rings (SSSR count). The van der Waals surface area contributed by atoms with Crippen LogP contribution in [0.15, 0.2) is 18.3 Å². The summed E-state index contributed by atoms with van der Waals surface area (Å²) in [4.78, 5) is 4.22. The van der Waals surface area contributed by atoms with Crippen LogP contribution in [0.5, 0.6) is 0 Å². The van der Waals surface area contributed by atoms with Crippen LogP contribution in [-0.4, -0.2) is 22.2 Å². The lowest BCUT2D eigenvalue weighted by Gasteiger charge is -2.00. The summed E-state index contributed by atoms with van der Waals surface area (Å²) < 4.78 is 0. The van der Waals surface area contributed by atoms with Crippen molar-refractivity contribution in [1.82, 2.24) is 4.98 Å². The second-order valence-corrected chi connectivity index (χ2v) is 5.40. The molecule has 0 N–H and O–H groups in total. The lowest BCUT2D eigenvalue weighted by atomic mass is 10.3. The molecule has 0 fully saturated rings. The minimum absolute atomic E-state index is 0.630. The Balaban J connectivity index is 2.23. The van der Waals surface area contributed by atoms with E-state index in [1.54, 1.807) is 6.20 Å². The molecule has 0 amide bonds. The molecule has 4 heteroatoms. The number of rotatable bonds is 6. The molecule has 0 radical (unpaired) electrons. The van der Waals surface area contributed by atoms with Crippen molar-refractivity contribution in [2.75, 3.05) is 17.3 Å². The molecule has 15 heavy (non-hydrogen) atoms. The molecule has 1 aromatic rings. The first kappa shape index (κ1) is 12.4. The first-order valence-electron chi connectivity index (χ1n) is 4.87. The average molecular weight is 238 g/mol. The lowest BCUT2D eigenvalue weighted by molar-refractivity contribution is 1.16. The van der Waals surface area contributed by atoms with Crippen LogP contribution < -0.4 is 0 Å². The summed E-state index contributed by atoms with van der Waals surface area (Å²) in [5.41, 5.74) is 1.69. The van der Waals surface area contributed by atoms with E-state index in [2.05, 4.69) is 18.0 Å². The predicted octanol–water partition coefficient (Wildman–Crippen LogP) is 2.94. The molecule has 0 saturated carbocycles. The molecule has 0 aliphatic heterocycles. The first-order valence-corrected chi connectivity index (χ1v) is 7.18. The van der Waals surface area contributed by atoms with Gasteiger partial charge in [-0.15, -0.1) is 0 Å². The number of nitrogens with zero attached hydrogens (tertiary/aromatic N) is 2. The van der Waals surface area contributed by atoms with E-state index >= 15 is 0 Å². The van der Waals surface area contributed by atoms with E-state index in [-0.39, 0.29) is 0 Å². The Bertz CT molecular complexity index is 316. The van der Waals surface area contributed by atoms with Gasteiger partial charge in [0.15, 0.2) is 0 Å². The number of nitriles is 1. The molecule has 0 aromatic carbocycles. The van der Waals surface area contributed by atoms with Crippen LogP contribution in [0.2, 0.25) is 0 Å². The van der Waals surface area contributed by atoms with E-state index in [1.807, 2.05) is 35.7 Å². The fourth-order valence-corrected chi connectivity index (χ4v) is 2.77. The van der Waals surface area contributed by atoms with Crippen molar-refractivity contribution in [2.45, 2.75) is 12.7 Å². The molecule has 0 unspecified atom stereocenters. The van der Waals surface area contributed by atoms with E-state index in [0.29, 0.717) is 5.56 Å². The zero-order valence-corrected chi connectivity index (χ0v) is 10.4. The molecule has 80 valence electrons. The van der Waals surface area contributed by atoms with Gasteiger partial charge in [-0.2, -0.15) is 28.8 Å². The topological polar surface area (TPSA) is 36.7 Å². The Morgan fingerprint density at radius 3 is 2.73 bits per heavy atom. The normalized spacial score (nSPS) is 9.87. The van der Waals surface area contributed by atoms with Gasteiger partial charge in [-0.25, -0.2) is 0 Å². The Hall–Kier alpha value is -0.660. The van der Waals surface area contributed by atoms with Crippen LogP contribution in [0.1, 0.15) is 18.2 Å². The van der Waals surface area contributed by atoms with Crippen LogP contribution in [-0.2, 0) is 5.75 Å². The van der Waals surface area contributed by atoms with Crippen molar-refractivity contribution in [1.29, 1.82) is 5.26 Å². The maximum atomic E-state index is 8.60. The molecule has 0 aliphatic carbocycles. The Morgan fingerprint density at radius 1 is 1.33 bits per heavy atom.